The van der Waals surface area contributed by atoms with Crippen LogP contribution in [0.4, 0.5) is 0 Å². The summed E-state index contributed by atoms with van der Waals surface area (Å²) in [6.07, 6.45) is 0. The van der Waals surface area contributed by atoms with E-state index in [9.17, 15) is 0 Å². The molecule has 0 aliphatic carbocycles. The van der Waals surface area contributed by atoms with Crippen LogP contribution in [0, 0.1) is 0 Å². The van der Waals surface area contributed by atoms with Crippen LogP contribution in [0.2, 0.25) is 0 Å². The van der Waals surface area contributed by atoms with E-state index in [4.69, 9.17) is 17.5 Å². The zero-order chi connectivity index (χ0) is 4.50. The normalized spacial score (nSPS) is 8.29. The molecule has 7 heteroatoms. The Morgan fingerprint density at radius 2 is 1.14 bits per heavy atom. The van der Waals surface area contributed by atoms with Crippen LogP contribution >= 0.6 is 0 Å². The Labute approximate surface area is 61.4 Å². The first-order valence-electron chi connectivity index (χ1n) is 0.667. The molecule has 0 aliphatic rings. The van der Waals surface area contributed by atoms with Crippen LogP contribution in [0.15, 0.2) is 0 Å². The van der Waals surface area contributed by atoms with E-state index < -0.39 is 10.4 Å². The monoisotopic (exact) mass is 322 g/mol. The zero-order valence-electron chi connectivity index (χ0n) is 3.54. The summed E-state index contributed by atoms with van der Waals surface area (Å²) in [5, 5.41) is 0. The van der Waals surface area contributed by atoms with E-state index in [2.05, 4.69) is 0 Å². The van der Waals surface area contributed by atoms with Gasteiger partial charge in [0, 0.05) is 10.4 Å². The second-order valence-electron chi connectivity index (χ2n) is 0.408. The van der Waals surface area contributed by atoms with Crippen LogP contribution in [0.25, 0.3) is 0 Å². The third-order valence-electron chi connectivity index (χ3n) is 0. The van der Waals surface area contributed by atoms with Crippen molar-refractivity contribution in [2.24, 2.45) is 0 Å². The van der Waals surface area contributed by atoms with Crippen LogP contribution in [0.3, 0.4) is 0 Å². The minimum absolute atomic E-state index is 0. The van der Waals surface area contributed by atoms with Crippen molar-refractivity contribution < 1.29 is 17.5 Å². The third-order valence-corrected chi connectivity index (χ3v) is 0. The molecule has 4 N–H and O–H groups in total. The van der Waals surface area contributed by atoms with Gasteiger partial charge in [0.2, 0.25) is 0 Å². The predicted molar refractivity (Wildman–Crippen MR) is 22.2 cm³/mol. The summed E-state index contributed by atoms with van der Waals surface area (Å²) >= 11 is 0. The first-order valence-corrected chi connectivity index (χ1v) is 2.00. The van der Waals surface area contributed by atoms with E-state index in [0.29, 0.717) is 0 Å². The van der Waals surface area contributed by atoms with Gasteiger partial charge in [0.1, 0.15) is 0 Å². The minimum atomic E-state index is -5.17. The fourth-order valence-corrected chi connectivity index (χ4v) is 0. The molecular weight excluding hydrogens is 317 g/mol. The van der Waals surface area contributed by atoms with Gasteiger partial charge in [0.15, 0.2) is 0 Å². The van der Waals surface area contributed by atoms with E-state index in [1.807, 2.05) is 0 Å². The van der Waals surface area contributed by atoms with Crippen molar-refractivity contribution >= 4 is 37.7 Å². The molecule has 0 atom stereocenters. The predicted octanol–water partition coefficient (Wildman–Crippen LogP) is -1.34. The fraction of sp³-hybridized carbons (Fsp3) is 0. The summed E-state index contributed by atoms with van der Waals surface area (Å²) in [5.74, 6) is 0. The van der Waals surface area contributed by atoms with Crippen molar-refractivity contribution in [1.82, 2.24) is 6.15 Å². The quantitative estimate of drug-likeness (QED) is 0.337. The van der Waals surface area contributed by atoms with E-state index in [-0.39, 0.29) is 33.4 Å². The molecule has 7 heavy (non-hydrogen) atoms. The Morgan fingerprint density at radius 1 is 1.14 bits per heavy atom. The molecule has 0 heterocycles. The van der Waals surface area contributed by atoms with Gasteiger partial charge >= 0.3 is 27.3 Å². The summed E-state index contributed by atoms with van der Waals surface area (Å²) in [6.45, 7) is 0. The average molecular weight is 321 g/mol. The minimum Gasteiger partial charge on any atom is -0.759 e. The van der Waals surface area contributed by atoms with Crippen molar-refractivity contribution in [1.29, 1.82) is 0 Å². The molecular formula is H4NO4PbS. The molecule has 0 spiro atoms. The third kappa shape index (κ3) is 270. The summed E-state index contributed by atoms with van der Waals surface area (Å²) in [6, 6.07) is 0. The molecule has 0 rings (SSSR count). The molecule has 0 fully saturated rings. The van der Waals surface area contributed by atoms with Gasteiger partial charge < -0.3 is 15.3 Å². The second-order valence-corrected chi connectivity index (χ2v) is 1.22. The molecule has 0 saturated heterocycles. The average Bonchev–Trinajstić information content (AvgIpc) is 0.722. The Balaban J connectivity index is -0.0000000800. The van der Waals surface area contributed by atoms with Crippen molar-refractivity contribution in [3.05, 3.63) is 0 Å². The zero-order valence-corrected chi connectivity index (χ0v) is 8.25. The first kappa shape index (κ1) is 15.7. The van der Waals surface area contributed by atoms with Crippen LogP contribution in [0.5, 0.6) is 0 Å². The molecule has 43 valence electrons. The standard InChI is InChI=1S/H3N.H2O4S.Pb/c;1-5(2,3)4;/h1H3;(H2,1,2,3,4);/q;;+1/p-1. The van der Waals surface area contributed by atoms with Crippen molar-refractivity contribution in [2.45, 2.75) is 0 Å². The van der Waals surface area contributed by atoms with Crippen LogP contribution in [-0.4, -0.2) is 44.8 Å². The molecule has 0 aliphatic heterocycles. The SMILES string of the molecule is O=S(=O)([O-])[O-].[NH4+].[Pb+]. The van der Waals surface area contributed by atoms with Gasteiger partial charge in [-0.3, -0.25) is 8.42 Å². The maximum atomic E-state index is 8.52. The molecule has 0 bridgehead atoms. The summed E-state index contributed by atoms with van der Waals surface area (Å²) < 4.78 is 34.1. The number of quaternary nitrogens is 1. The van der Waals surface area contributed by atoms with Crippen molar-refractivity contribution in [3.63, 3.8) is 0 Å². The van der Waals surface area contributed by atoms with Gasteiger partial charge in [0.25, 0.3) is 0 Å². The van der Waals surface area contributed by atoms with Gasteiger partial charge in [-0.1, -0.05) is 0 Å². The molecule has 0 aromatic rings. The van der Waals surface area contributed by atoms with Gasteiger partial charge in [-0.2, -0.15) is 0 Å². The number of hydrogen-bond acceptors (Lipinski definition) is 4. The van der Waals surface area contributed by atoms with Gasteiger partial charge in [0.05, 0.1) is 0 Å². The molecule has 0 amide bonds. The Morgan fingerprint density at radius 3 is 1.14 bits per heavy atom. The van der Waals surface area contributed by atoms with Crippen molar-refractivity contribution in [3.8, 4) is 0 Å². The maximum Gasteiger partial charge on any atom is 1.00 e. The summed E-state index contributed by atoms with van der Waals surface area (Å²) in [4.78, 5) is 0. The van der Waals surface area contributed by atoms with E-state index in [0.717, 1.165) is 0 Å². The largest absolute Gasteiger partial charge is 1.00 e. The van der Waals surface area contributed by atoms with Crippen LogP contribution < -0.4 is 6.15 Å². The summed E-state index contributed by atoms with van der Waals surface area (Å²) in [5.41, 5.74) is 0. The smallest absolute Gasteiger partial charge is 0.759 e. The second kappa shape index (κ2) is 4.90. The fourth-order valence-electron chi connectivity index (χ4n) is 0. The first-order chi connectivity index (χ1) is 2.00. The maximum absolute atomic E-state index is 8.52. The summed E-state index contributed by atoms with van der Waals surface area (Å²) in [7, 11) is -5.17. The molecule has 0 saturated carbocycles. The Hall–Kier alpha value is 0.752. The van der Waals surface area contributed by atoms with E-state index >= 15 is 0 Å². The van der Waals surface area contributed by atoms with Crippen LogP contribution in [0.1, 0.15) is 0 Å². The molecule has 0 unspecified atom stereocenters. The molecule has 0 aromatic heterocycles. The van der Waals surface area contributed by atoms with Gasteiger partial charge in [-0.25, -0.2) is 0 Å². The molecule has 5 nitrogen and oxygen atoms in total. The van der Waals surface area contributed by atoms with Crippen molar-refractivity contribution in [2.75, 3.05) is 0 Å². The molecule has 0 aromatic carbocycles. The molecule has 3 radical (unpaired) electrons. The number of hydrogen-bond donors (Lipinski definition) is 1. The topological polar surface area (TPSA) is 117 Å². The van der Waals surface area contributed by atoms with Gasteiger partial charge in [-0.15, -0.1) is 0 Å². The van der Waals surface area contributed by atoms with Crippen LogP contribution in [-0.2, 0) is 10.4 Å². The Bertz CT molecular complexity index is 94.9. The van der Waals surface area contributed by atoms with E-state index in [1.165, 1.54) is 0 Å². The Kier molecular flexibility index (Phi) is 11.0. The van der Waals surface area contributed by atoms with Gasteiger partial charge in [-0.05, 0) is 0 Å². The van der Waals surface area contributed by atoms with E-state index in [1.54, 1.807) is 0 Å². The number of rotatable bonds is 0.